The fraction of sp³-hybridized carbons (Fsp3) is 0.250. The second kappa shape index (κ2) is 3.25. The number of anilines is 2. The first-order chi connectivity index (χ1) is 5.24. The molecule has 3 nitrogen and oxygen atoms in total. The van der Waals surface area contributed by atoms with Gasteiger partial charge in [0.05, 0.1) is 0 Å². The lowest BCUT2D eigenvalue weighted by Gasteiger charge is -2.03. The second-order valence-corrected chi connectivity index (χ2v) is 2.50. The molecule has 0 saturated carbocycles. The number of nitrogen functional groups attached to an aromatic ring is 2. The van der Waals surface area contributed by atoms with Crippen molar-refractivity contribution < 1.29 is 0 Å². The van der Waals surface area contributed by atoms with Gasteiger partial charge in [-0.2, -0.15) is 0 Å². The normalized spacial score (nSPS) is 9.91. The van der Waals surface area contributed by atoms with Crippen molar-refractivity contribution >= 4 is 11.4 Å². The van der Waals surface area contributed by atoms with Crippen molar-refractivity contribution in [2.75, 3.05) is 18.0 Å². The molecule has 0 heterocycles. The van der Waals surface area contributed by atoms with Gasteiger partial charge in [0.2, 0.25) is 0 Å². The molecule has 0 atom stereocenters. The van der Waals surface area contributed by atoms with Crippen LogP contribution in [0.25, 0.3) is 0 Å². The molecule has 60 valence electrons. The Kier molecular flexibility index (Phi) is 2.33. The summed E-state index contributed by atoms with van der Waals surface area (Å²) in [5.41, 5.74) is 19.2. The topological polar surface area (TPSA) is 78.1 Å². The molecule has 1 rings (SSSR count). The maximum atomic E-state index is 5.66. The van der Waals surface area contributed by atoms with Crippen LogP contribution >= 0.6 is 0 Å². The van der Waals surface area contributed by atoms with E-state index >= 15 is 0 Å². The molecule has 0 aliphatic heterocycles. The molecule has 0 aromatic heterocycles. The highest BCUT2D eigenvalue weighted by Crippen LogP contribution is 2.15. The molecule has 0 aliphatic carbocycles. The zero-order valence-electron chi connectivity index (χ0n) is 6.38. The summed E-state index contributed by atoms with van der Waals surface area (Å²) in [6.45, 7) is 0.605. The molecule has 11 heavy (non-hydrogen) atoms. The van der Waals surface area contributed by atoms with Crippen LogP contribution in [0, 0.1) is 0 Å². The molecule has 0 amide bonds. The summed E-state index contributed by atoms with van der Waals surface area (Å²) in [5.74, 6) is 0. The van der Waals surface area contributed by atoms with Crippen LogP contribution in [0.4, 0.5) is 11.4 Å². The summed E-state index contributed by atoms with van der Waals surface area (Å²) in [7, 11) is 0. The fourth-order valence-electron chi connectivity index (χ4n) is 0.998. The Bertz CT molecular complexity index is 245. The van der Waals surface area contributed by atoms with Crippen LogP contribution in [0.1, 0.15) is 5.56 Å². The van der Waals surface area contributed by atoms with E-state index in [2.05, 4.69) is 0 Å². The molecule has 1 aromatic carbocycles. The highest BCUT2D eigenvalue weighted by atomic mass is 14.6. The number of rotatable bonds is 2. The molecule has 6 N–H and O–H groups in total. The predicted molar refractivity (Wildman–Crippen MR) is 48.0 cm³/mol. The van der Waals surface area contributed by atoms with E-state index in [0.29, 0.717) is 6.54 Å². The Labute approximate surface area is 66.2 Å². The van der Waals surface area contributed by atoms with Gasteiger partial charge in [0.1, 0.15) is 0 Å². The first-order valence-electron chi connectivity index (χ1n) is 3.58. The van der Waals surface area contributed by atoms with Gasteiger partial charge in [0.25, 0.3) is 0 Å². The van der Waals surface area contributed by atoms with Crippen LogP contribution in [0.2, 0.25) is 0 Å². The van der Waals surface area contributed by atoms with Gasteiger partial charge in [-0.05, 0) is 36.7 Å². The minimum atomic E-state index is 0.605. The van der Waals surface area contributed by atoms with Crippen LogP contribution < -0.4 is 17.2 Å². The van der Waals surface area contributed by atoms with Crippen LogP contribution in [0.15, 0.2) is 18.2 Å². The van der Waals surface area contributed by atoms with Gasteiger partial charge in [-0.3, -0.25) is 0 Å². The molecular weight excluding hydrogens is 138 g/mol. The Morgan fingerprint density at radius 3 is 2.55 bits per heavy atom. The van der Waals surface area contributed by atoms with E-state index in [1.807, 2.05) is 6.07 Å². The van der Waals surface area contributed by atoms with E-state index in [4.69, 9.17) is 17.2 Å². The third-order valence-electron chi connectivity index (χ3n) is 1.58. The third kappa shape index (κ3) is 1.85. The average molecular weight is 151 g/mol. The standard InChI is InChI=1S/C8H13N3/c9-4-3-6-5-7(10)1-2-8(6)11/h1-2,5H,3-4,9-11H2. The maximum Gasteiger partial charge on any atom is 0.0348 e. The molecular formula is C8H13N3. The molecule has 0 aliphatic rings. The zero-order valence-corrected chi connectivity index (χ0v) is 6.38. The summed E-state index contributed by atoms with van der Waals surface area (Å²) >= 11 is 0. The van der Waals surface area contributed by atoms with Gasteiger partial charge in [-0.1, -0.05) is 0 Å². The van der Waals surface area contributed by atoms with Gasteiger partial charge in [-0.15, -0.1) is 0 Å². The molecule has 0 fully saturated rings. The lowest BCUT2D eigenvalue weighted by Crippen LogP contribution is -2.05. The molecule has 3 heteroatoms. The molecule has 0 bridgehead atoms. The van der Waals surface area contributed by atoms with E-state index < -0.39 is 0 Å². The molecule has 0 spiro atoms. The zero-order chi connectivity index (χ0) is 8.27. The lowest BCUT2D eigenvalue weighted by molar-refractivity contribution is 0.972. The summed E-state index contributed by atoms with van der Waals surface area (Å²) in [6, 6.07) is 5.46. The van der Waals surface area contributed by atoms with Crippen molar-refractivity contribution in [1.82, 2.24) is 0 Å². The van der Waals surface area contributed by atoms with Crippen molar-refractivity contribution in [3.05, 3.63) is 23.8 Å². The highest BCUT2D eigenvalue weighted by molar-refractivity contribution is 5.55. The van der Waals surface area contributed by atoms with Crippen molar-refractivity contribution in [1.29, 1.82) is 0 Å². The Morgan fingerprint density at radius 1 is 1.18 bits per heavy atom. The first-order valence-corrected chi connectivity index (χ1v) is 3.58. The maximum absolute atomic E-state index is 5.66. The fourth-order valence-corrected chi connectivity index (χ4v) is 0.998. The van der Waals surface area contributed by atoms with Crippen LogP contribution in [0.5, 0.6) is 0 Å². The minimum Gasteiger partial charge on any atom is -0.399 e. The van der Waals surface area contributed by atoms with Gasteiger partial charge < -0.3 is 17.2 Å². The lowest BCUT2D eigenvalue weighted by atomic mass is 10.1. The highest BCUT2D eigenvalue weighted by Gasteiger charge is 1.97. The summed E-state index contributed by atoms with van der Waals surface area (Å²) in [4.78, 5) is 0. The van der Waals surface area contributed by atoms with E-state index in [0.717, 1.165) is 23.4 Å². The van der Waals surface area contributed by atoms with E-state index in [1.165, 1.54) is 0 Å². The molecule has 1 aromatic rings. The number of benzene rings is 1. The van der Waals surface area contributed by atoms with Crippen LogP contribution in [-0.2, 0) is 6.42 Å². The van der Waals surface area contributed by atoms with E-state index in [1.54, 1.807) is 12.1 Å². The van der Waals surface area contributed by atoms with Crippen molar-refractivity contribution in [2.45, 2.75) is 6.42 Å². The second-order valence-electron chi connectivity index (χ2n) is 2.50. The summed E-state index contributed by atoms with van der Waals surface area (Å²) < 4.78 is 0. The Hall–Kier alpha value is -1.22. The van der Waals surface area contributed by atoms with Gasteiger partial charge in [0.15, 0.2) is 0 Å². The number of nitrogens with two attached hydrogens (primary N) is 3. The molecule has 0 unspecified atom stereocenters. The molecule has 0 radical (unpaired) electrons. The van der Waals surface area contributed by atoms with Gasteiger partial charge >= 0.3 is 0 Å². The first kappa shape index (κ1) is 7.88. The number of hydrogen-bond donors (Lipinski definition) is 3. The predicted octanol–water partition coefficient (Wildman–Crippen LogP) is 0.352. The Balaban J connectivity index is 2.93. The quantitative estimate of drug-likeness (QED) is 0.534. The third-order valence-corrected chi connectivity index (χ3v) is 1.58. The minimum absolute atomic E-state index is 0.605. The van der Waals surface area contributed by atoms with E-state index in [-0.39, 0.29) is 0 Å². The number of hydrogen-bond acceptors (Lipinski definition) is 3. The SMILES string of the molecule is NCCc1cc(N)ccc1N. The summed E-state index contributed by atoms with van der Waals surface area (Å²) in [5, 5.41) is 0. The van der Waals surface area contributed by atoms with Crippen molar-refractivity contribution in [2.24, 2.45) is 5.73 Å². The van der Waals surface area contributed by atoms with Crippen LogP contribution in [-0.4, -0.2) is 6.54 Å². The monoisotopic (exact) mass is 151 g/mol. The molecule has 0 saturated heterocycles. The average Bonchev–Trinajstić information content (AvgIpc) is 1.98. The van der Waals surface area contributed by atoms with E-state index in [9.17, 15) is 0 Å². The smallest absolute Gasteiger partial charge is 0.0348 e. The van der Waals surface area contributed by atoms with Crippen molar-refractivity contribution in [3.8, 4) is 0 Å². The summed E-state index contributed by atoms with van der Waals surface area (Å²) in [6.07, 6.45) is 0.789. The van der Waals surface area contributed by atoms with Crippen molar-refractivity contribution in [3.63, 3.8) is 0 Å². The van der Waals surface area contributed by atoms with Crippen LogP contribution in [0.3, 0.4) is 0 Å². The van der Waals surface area contributed by atoms with Gasteiger partial charge in [-0.25, -0.2) is 0 Å². The van der Waals surface area contributed by atoms with Gasteiger partial charge in [0, 0.05) is 11.4 Å². The largest absolute Gasteiger partial charge is 0.399 e. The Morgan fingerprint density at radius 2 is 1.91 bits per heavy atom.